The minimum Gasteiger partial charge on any atom is -0.480 e. The molecule has 1 fully saturated rings. The molecule has 1 saturated heterocycles. The van der Waals surface area contributed by atoms with Gasteiger partial charge in [0, 0.05) is 17.2 Å². The van der Waals surface area contributed by atoms with Crippen LogP contribution in [0.3, 0.4) is 0 Å². The average Bonchev–Trinajstić information content (AvgIpc) is 3.22. The summed E-state index contributed by atoms with van der Waals surface area (Å²) in [6, 6.07) is 6.25. The van der Waals surface area contributed by atoms with Crippen LogP contribution in [0, 0.1) is 10.1 Å². The molecule has 0 aliphatic carbocycles. The highest BCUT2D eigenvalue weighted by Gasteiger charge is 2.39. The van der Waals surface area contributed by atoms with E-state index in [4.69, 9.17) is 28.2 Å². The van der Waals surface area contributed by atoms with Gasteiger partial charge in [-0.3, -0.25) is 19.8 Å². The Morgan fingerprint density at radius 3 is 2.79 bits per heavy atom. The van der Waals surface area contributed by atoms with E-state index in [-0.39, 0.29) is 43.4 Å². The first-order valence-electron chi connectivity index (χ1n) is 8.27. The summed E-state index contributed by atoms with van der Waals surface area (Å²) in [5.41, 5.74) is 0.0282. The molecule has 1 aromatic carbocycles. The quantitative estimate of drug-likeness (QED) is 0.293. The van der Waals surface area contributed by atoms with Gasteiger partial charge in [0.05, 0.1) is 15.4 Å². The highest BCUT2D eigenvalue weighted by Crippen LogP contribution is 2.37. The van der Waals surface area contributed by atoms with Crippen LogP contribution >= 0.6 is 35.6 Å². The molecular formula is C18H13ClN2O6S2. The number of nitro benzene ring substituents is 1. The highest BCUT2D eigenvalue weighted by molar-refractivity contribution is 8.26. The van der Waals surface area contributed by atoms with E-state index in [0.29, 0.717) is 0 Å². The third-order valence-electron chi connectivity index (χ3n) is 4.13. The number of thiocarbonyl (C=S) groups is 1. The number of nitro groups is 1. The molecule has 1 aromatic heterocycles. The van der Waals surface area contributed by atoms with E-state index < -0.39 is 22.8 Å². The predicted molar refractivity (Wildman–Crippen MR) is 113 cm³/mol. The monoisotopic (exact) mass is 452 g/mol. The number of furan rings is 1. The molecule has 2 aromatic rings. The Morgan fingerprint density at radius 1 is 1.45 bits per heavy atom. The standard InChI is InChI=1S/C18H13ClN2O6S2/c1-2-12(17(23)24)20-16(22)15(29-18(20)28)8-10-4-6-14(27-10)11-5-3-9(19)7-13(11)21(25)26/h3-8,12H,2H2,1H3,(H,23,24). The maximum Gasteiger partial charge on any atom is 0.326 e. The SMILES string of the molecule is CCC(C(=O)O)N1C(=O)C(=Cc2ccc(-c3ccc(Cl)cc3[N+](=O)[O-])o2)SC1=S. The first kappa shape index (κ1) is 21.0. The molecular weight excluding hydrogens is 440 g/mol. The number of aliphatic carboxylic acids is 1. The largest absolute Gasteiger partial charge is 0.480 e. The number of carbonyl (C=O) groups excluding carboxylic acids is 1. The van der Waals surface area contributed by atoms with Gasteiger partial charge in [-0.1, -0.05) is 42.5 Å². The van der Waals surface area contributed by atoms with Crippen LogP contribution in [0.2, 0.25) is 5.02 Å². The van der Waals surface area contributed by atoms with Crippen LogP contribution in [-0.4, -0.2) is 37.2 Å². The zero-order valence-corrected chi connectivity index (χ0v) is 17.2. The van der Waals surface area contributed by atoms with Gasteiger partial charge in [0.15, 0.2) is 0 Å². The first-order valence-corrected chi connectivity index (χ1v) is 9.87. The van der Waals surface area contributed by atoms with Gasteiger partial charge in [-0.05, 0) is 30.7 Å². The summed E-state index contributed by atoms with van der Waals surface area (Å²) >= 11 is 12.0. The van der Waals surface area contributed by atoms with E-state index in [1.165, 1.54) is 30.3 Å². The average molecular weight is 453 g/mol. The normalized spacial score (nSPS) is 16.5. The molecule has 0 radical (unpaired) electrons. The summed E-state index contributed by atoms with van der Waals surface area (Å²) in [5.74, 6) is -1.16. The highest BCUT2D eigenvalue weighted by atomic mass is 35.5. The minimum absolute atomic E-state index is 0.149. The summed E-state index contributed by atoms with van der Waals surface area (Å²) in [6.45, 7) is 1.65. The molecule has 1 aliphatic heterocycles. The third kappa shape index (κ3) is 4.19. The molecule has 11 heteroatoms. The molecule has 0 bridgehead atoms. The lowest BCUT2D eigenvalue weighted by Crippen LogP contribution is -2.43. The number of hydrogen-bond donors (Lipinski definition) is 1. The van der Waals surface area contributed by atoms with Crippen LogP contribution < -0.4 is 0 Å². The summed E-state index contributed by atoms with van der Waals surface area (Å²) in [6.07, 6.45) is 1.64. The smallest absolute Gasteiger partial charge is 0.326 e. The molecule has 150 valence electrons. The van der Waals surface area contributed by atoms with E-state index in [1.54, 1.807) is 13.0 Å². The number of carboxylic acids is 1. The lowest BCUT2D eigenvalue weighted by Gasteiger charge is -2.21. The van der Waals surface area contributed by atoms with E-state index >= 15 is 0 Å². The Morgan fingerprint density at radius 2 is 2.17 bits per heavy atom. The molecule has 8 nitrogen and oxygen atoms in total. The summed E-state index contributed by atoms with van der Waals surface area (Å²) in [4.78, 5) is 36.0. The Hall–Kier alpha value is -2.69. The summed E-state index contributed by atoms with van der Waals surface area (Å²) in [7, 11) is 0. The van der Waals surface area contributed by atoms with Crippen molar-refractivity contribution in [3.05, 3.63) is 56.1 Å². The Bertz CT molecular complexity index is 1060. The van der Waals surface area contributed by atoms with Gasteiger partial charge in [0.1, 0.15) is 21.9 Å². The minimum atomic E-state index is -1.14. The number of carbonyl (C=O) groups is 2. The van der Waals surface area contributed by atoms with Gasteiger partial charge in [0.2, 0.25) is 0 Å². The van der Waals surface area contributed by atoms with Crippen molar-refractivity contribution in [2.75, 3.05) is 0 Å². The topological polar surface area (TPSA) is 114 Å². The number of nitrogens with zero attached hydrogens (tertiary/aromatic N) is 2. The molecule has 0 saturated carbocycles. The van der Waals surface area contributed by atoms with Gasteiger partial charge in [-0.2, -0.15) is 0 Å². The lowest BCUT2D eigenvalue weighted by atomic mass is 10.1. The van der Waals surface area contributed by atoms with E-state index in [0.717, 1.165) is 16.7 Å². The van der Waals surface area contributed by atoms with Crippen molar-refractivity contribution in [2.24, 2.45) is 0 Å². The van der Waals surface area contributed by atoms with Crippen molar-refractivity contribution in [3.8, 4) is 11.3 Å². The van der Waals surface area contributed by atoms with Crippen LogP contribution in [0.1, 0.15) is 19.1 Å². The number of amides is 1. The number of halogens is 1. The number of carboxylic acid groups (broad SMARTS) is 1. The molecule has 1 unspecified atom stereocenters. The van der Waals surface area contributed by atoms with Gasteiger partial charge in [0.25, 0.3) is 11.6 Å². The molecule has 0 spiro atoms. The first-order chi connectivity index (χ1) is 13.7. The predicted octanol–water partition coefficient (Wildman–Crippen LogP) is 4.57. The van der Waals surface area contributed by atoms with Crippen molar-refractivity contribution >= 4 is 63.5 Å². The fraction of sp³-hybridized carbons (Fsp3) is 0.167. The van der Waals surface area contributed by atoms with Crippen LogP contribution in [0.5, 0.6) is 0 Å². The van der Waals surface area contributed by atoms with Crippen molar-refractivity contribution < 1.29 is 24.0 Å². The molecule has 1 amide bonds. The number of rotatable bonds is 6. The number of benzene rings is 1. The molecule has 1 atom stereocenters. The van der Waals surface area contributed by atoms with E-state index in [2.05, 4.69) is 0 Å². The Labute approximate surface area is 179 Å². The van der Waals surface area contributed by atoms with Crippen molar-refractivity contribution in [1.82, 2.24) is 4.90 Å². The van der Waals surface area contributed by atoms with E-state index in [9.17, 15) is 24.8 Å². The molecule has 1 aliphatic rings. The Balaban J connectivity index is 1.92. The maximum atomic E-state index is 12.6. The molecule has 3 rings (SSSR count). The van der Waals surface area contributed by atoms with Crippen LogP contribution in [0.25, 0.3) is 17.4 Å². The maximum absolute atomic E-state index is 12.6. The Kier molecular flexibility index (Phi) is 6.06. The number of hydrogen-bond acceptors (Lipinski definition) is 7. The second kappa shape index (κ2) is 8.36. The lowest BCUT2D eigenvalue weighted by molar-refractivity contribution is -0.384. The van der Waals surface area contributed by atoms with Crippen LogP contribution in [-0.2, 0) is 9.59 Å². The summed E-state index contributed by atoms with van der Waals surface area (Å²) < 4.78 is 5.80. The van der Waals surface area contributed by atoms with Crippen LogP contribution in [0.15, 0.2) is 39.7 Å². The van der Waals surface area contributed by atoms with Gasteiger partial charge in [-0.15, -0.1) is 0 Å². The number of thioether (sulfide) groups is 1. The molecule has 2 heterocycles. The third-order valence-corrected chi connectivity index (χ3v) is 5.69. The van der Waals surface area contributed by atoms with E-state index in [1.807, 2.05) is 0 Å². The van der Waals surface area contributed by atoms with Crippen molar-refractivity contribution in [3.63, 3.8) is 0 Å². The zero-order chi connectivity index (χ0) is 21.3. The van der Waals surface area contributed by atoms with Gasteiger partial charge >= 0.3 is 5.97 Å². The van der Waals surface area contributed by atoms with Gasteiger partial charge in [-0.25, -0.2) is 4.79 Å². The summed E-state index contributed by atoms with van der Waals surface area (Å²) in [5, 5.41) is 20.8. The van der Waals surface area contributed by atoms with Crippen molar-refractivity contribution in [1.29, 1.82) is 0 Å². The second-order valence-corrected chi connectivity index (χ2v) is 8.05. The van der Waals surface area contributed by atoms with Crippen molar-refractivity contribution in [2.45, 2.75) is 19.4 Å². The van der Waals surface area contributed by atoms with Crippen LogP contribution in [0.4, 0.5) is 5.69 Å². The fourth-order valence-electron chi connectivity index (χ4n) is 2.78. The molecule has 1 N–H and O–H groups in total. The zero-order valence-electron chi connectivity index (χ0n) is 14.8. The second-order valence-electron chi connectivity index (χ2n) is 5.93. The van der Waals surface area contributed by atoms with Gasteiger partial charge < -0.3 is 9.52 Å². The molecule has 29 heavy (non-hydrogen) atoms. The fourth-order valence-corrected chi connectivity index (χ4v) is 4.29.